The number of carbonyl (C=O) groups excluding carboxylic acids is 1. The quantitative estimate of drug-likeness (QED) is 0.761. The molecule has 9 heteroatoms. The predicted octanol–water partition coefficient (Wildman–Crippen LogP) is 2.50. The fraction of sp³-hybridized carbons (Fsp3) is 0.400. The summed E-state index contributed by atoms with van der Waals surface area (Å²) in [5, 5.41) is 9.35. The third-order valence-electron chi connectivity index (χ3n) is 5.12. The molecule has 0 saturated carbocycles. The molecule has 1 aliphatic rings. The van der Waals surface area contributed by atoms with Gasteiger partial charge in [0.05, 0.1) is 28.9 Å². The molecule has 1 aliphatic heterocycles. The lowest BCUT2D eigenvalue weighted by Crippen LogP contribution is -2.24. The number of esters is 1. The standard InChI is InChI=1S/C20H24N4O4S/c1-28-20(25)19-18(22)14(12-21)13-24(19)16-11-15(7-8-17(16)29(2,26)27)23-9-5-3-4-6-10-23/h7-8,11,13H,3-6,9-10,22H2,1-2H3. The van der Waals surface area contributed by atoms with E-state index in [1.165, 1.54) is 23.9 Å². The van der Waals surface area contributed by atoms with Gasteiger partial charge in [0, 0.05) is 31.2 Å². The lowest BCUT2D eigenvalue weighted by molar-refractivity contribution is 0.0593. The van der Waals surface area contributed by atoms with Crippen molar-refractivity contribution in [1.29, 1.82) is 5.26 Å². The number of nitrogen functional groups attached to an aromatic ring is 1. The van der Waals surface area contributed by atoms with Crippen molar-refractivity contribution in [3.63, 3.8) is 0 Å². The van der Waals surface area contributed by atoms with Gasteiger partial charge in [-0.25, -0.2) is 13.2 Å². The molecule has 0 atom stereocenters. The molecule has 3 rings (SSSR count). The number of nitriles is 1. The van der Waals surface area contributed by atoms with E-state index >= 15 is 0 Å². The van der Waals surface area contributed by atoms with Gasteiger partial charge < -0.3 is 19.9 Å². The predicted molar refractivity (Wildman–Crippen MR) is 110 cm³/mol. The van der Waals surface area contributed by atoms with Gasteiger partial charge in [0.15, 0.2) is 15.5 Å². The minimum Gasteiger partial charge on any atom is -0.464 e. The Balaban J connectivity index is 2.26. The molecule has 0 unspecified atom stereocenters. The monoisotopic (exact) mass is 416 g/mol. The number of benzene rings is 1. The van der Waals surface area contributed by atoms with E-state index in [1.807, 2.05) is 6.07 Å². The molecular weight excluding hydrogens is 392 g/mol. The van der Waals surface area contributed by atoms with Gasteiger partial charge in [-0.2, -0.15) is 5.26 Å². The van der Waals surface area contributed by atoms with E-state index in [2.05, 4.69) is 4.90 Å². The molecule has 0 radical (unpaired) electrons. The summed E-state index contributed by atoms with van der Waals surface area (Å²) in [5.41, 5.74) is 7.07. The first-order valence-corrected chi connectivity index (χ1v) is 11.3. The molecule has 0 spiro atoms. The largest absolute Gasteiger partial charge is 0.464 e. The summed E-state index contributed by atoms with van der Waals surface area (Å²) < 4.78 is 31.0. The van der Waals surface area contributed by atoms with E-state index in [1.54, 1.807) is 12.1 Å². The summed E-state index contributed by atoms with van der Waals surface area (Å²) in [7, 11) is -2.41. The highest BCUT2D eigenvalue weighted by Gasteiger charge is 2.26. The van der Waals surface area contributed by atoms with Crippen molar-refractivity contribution >= 4 is 27.2 Å². The first kappa shape index (κ1) is 20.7. The number of ether oxygens (including phenoxy) is 1. The topological polar surface area (TPSA) is 118 Å². The summed E-state index contributed by atoms with van der Waals surface area (Å²) >= 11 is 0. The van der Waals surface area contributed by atoms with E-state index < -0.39 is 15.8 Å². The molecule has 2 heterocycles. The van der Waals surface area contributed by atoms with Gasteiger partial charge in [-0.3, -0.25) is 0 Å². The van der Waals surface area contributed by atoms with Crippen LogP contribution in [0.1, 0.15) is 41.7 Å². The number of nitrogens with two attached hydrogens (primary N) is 1. The Morgan fingerprint density at radius 3 is 2.41 bits per heavy atom. The highest BCUT2D eigenvalue weighted by atomic mass is 32.2. The van der Waals surface area contributed by atoms with Crippen LogP contribution in [0, 0.1) is 11.3 Å². The second-order valence-corrected chi connectivity index (χ2v) is 9.09. The fourth-order valence-corrected chi connectivity index (χ4v) is 4.49. The summed E-state index contributed by atoms with van der Waals surface area (Å²) in [5.74, 6) is -0.747. The Morgan fingerprint density at radius 1 is 1.21 bits per heavy atom. The number of anilines is 2. The number of carbonyl (C=O) groups is 1. The Kier molecular flexibility index (Phi) is 5.84. The molecular formula is C20H24N4O4S. The molecule has 8 nitrogen and oxygen atoms in total. The second kappa shape index (κ2) is 8.17. The molecule has 2 N–H and O–H groups in total. The number of methoxy groups -OCH3 is 1. The average Bonchev–Trinajstić information content (AvgIpc) is 2.86. The second-order valence-electron chi connectivity index (χ2n) is 7.10. The van der Waals surface area contributed by atoms with Crippen LogP contribution in [0.5, 0.6) is 0 Å². The van der Waals surface area contributed by atoms with Crippen molar-refractivity contribution in [2.75, 3.05) is 37.1 Å². The van der Waals surface area contributed by atoms with Crippen LogP contribution in [-0.2, 0) is 14.6 Å². The number of rotatable bonds is 4. The van der Waals surface area contributed by atoms with Gasteiger partial charge in [-0.1, -0.05) is 12.8 Å². The van der Waals surface area contributed by atoms with Gasteiger partial charge >= 0.3 is 5.97 Å². The van der Waals surface area contributed by atoms with Gasteiger partial charge in [0.2, 0.25) is 0 Å². The van der Waals surface area contributed by atoms with E-state index in [0.717, 1.165) is 50.7 Å². The minimum atomic E-state index is -3.61. The van der Waals surface area contributed by atoms with E-state index in [4.69, 9.17) is 10.5 Å². The normalized spacial score (nSPS) is 14.9. The van der Waals surface area contributed by atoms with Crippen molar-refractivity contribution < 1.29 is 17.9 Å². The molecule has 29 heavy (non-hydrogen) atoms. The van der Waals surface area contributed by atoms with Crippen molar-refractivity contribution in [1.82, 2.24) is 4.57 Å². The fourth-order valence-electron chi connectivity index (χ4n) is 3.64. The van der Waals surface area contributed by atoms with Crippen molar-refractivity contribution in [3.8, 4) is 11.8 Å². The third-order valence-corrected chi connectivity index (χ3v) is 6.26. The van der Waals surface area contributed by atoms with Gasteiger partial charge in [0.25, 0.3) is 0 Å². The smallest absolute Gasteiger partial charge is 0.357 e. The molecule has 1 saturated heterocycles. The minimum absolute atomic E-state index is 0.0423. The van der Waals surface area contributed by atoms with Gasteiger partial charge in [0.1, 0.15) is 6.07 Å². The van der Waals surface area contributed by atoms with Crippen LogP contribution in [-0.4, -0.2) is 45.4 Å². The summed E-state index contributed by atoms with van der Waals surface area (Å²) in [4.78, 5) is 14.6. The zero-order valence-electron chi connectivity index (χ0n) is 16.5. The number of hydrogen-bond acceptors (Lipinski definition) is 7. The van der Waals surface area contributed by atoms with Crippen LogP contribution in [0.2, 0.25) is 0 Å². The van der Waals surface area contributed by atoms with E-state index in [9.17, 15) is 18.5 Å². The number of sulfone groups is 1. The zero-order chi connectivity index (χ0) is 21.2. The molecule has 2 aromatic rings. The Morgan fingerprint density at radius 2 is 1.86 bits per heavy atom. The number of aromatic nitrogens is 1. The van der Waals surface area contributed by atoms with Crippen molar-refractivity contribution in [2.45, 2.75) is 30.6 Å². The summed E-state index contributed by atoms with van der Waals surface area (Å²) in [6.07, 6.45) is 6.93. The first-order valence-electron chi connectivity index (χ1n) is 9.36. The molecule has 1 aromatic carbocycles. The summed E-state index contributed by atoms with van der Waals surface area (Å²) in [6.45, 7) is 1.75. The van der Waals surface area contributed by atoms with Gasteiger partial charge in [-0.15, -0.1) is 0 Å². The molecule has 154 valence electrons. The molecule has 1 fully saturated rings. The molecule has 1 aromatic heterocycles. The lowest BCUT2D eigenvalue weighted by Gasteiger charge is -2.24. The number of hydrogen-bond donors (Lipinski definition) is 1. The molecule has 0 aliphatic carbocycles. The Labute approximate surface area is 170 Å². The maximum Gasteiger partial charge on any atom is 0.357 e. The zero-order valence-corrected chi connectivity index (χ0v) is 17.3. The molecule has 0 bridgehead atoms. The highest BCUT2D eigenvalue weighted by molar-refractivity contribution is 7.90. The van der Waals surface area contributed by atoms with Crippen molar-refractivity contribution in [2.24, 2.45) is 0 Å². The maximum atomic E-state index is 12.4. The van der Waals surface area contributed by atoms with Crippen LogP contribution < -0.4 is 10.6 Å². The SMILES string of the molecule is COC(=O)c1c(N)c(C#N)cn1-c1cc(N2CCCCCC2)ccc1S(C)(=O)=O. The Hall–Kier alpha value is -2.99. The molecule has 0 amide bonds. The average molecular weight is 417 g/mol. The lowest BCUT2D eigenvalue weighted by atomic mass is 10.2. The summed E-state index contributed by atoms with van der Waals surface area (Å²) in [6, 6.07) is 6.98. The number of nitrogens with zero attached hydrogens (tertiary/aromatic N) is 3. The van der Waals surface area contributed by atoms with Crippen LogP contribution in [0.25, 0.3) is 5.69 Å². The van der Waals surface area contributed by atoms with Crippen molar-refractivity contribution in [3.05, 3.63) is 35.7 Å². The van der Waals surface area contributed by atoms with E-state index in [-0.39, 0.29) is 27.5 Å². The third kappa shape index (κ3) is 4.07. The van der Waals surface area contributed by atoms with Crippen LogP contribution in [0.15, 0.2) is 29.3 Å². The van der Waals surface area contributed by atoms with Crippen LogP contribution >= 0.6 is 0 Å². The van der Waals surface area contributed by atoms with E-state index in [0.29, 0.717) is 0 Å². The van der Waals surface area contributed by atoms with Gasteiger partial charge in [-0.05, 0) is 31.0 Å². The maximum absolute atomic E-state index is 12.4. The first-order chi connectivity index (χ1) is 13.8. The van der Waals surface area contributed by atoms with Crippen LogP contribution in [0.4, 0.5) is 11.4 Å². The Bertz CT molecular complexity index is 1070. The highest BCUT2D eigenvalue weighted by Crippen LogP contribution is 2.32. The van der Waals surface area contributed by atoms with Crippen LogP contribution in [0.3, 0.4) is 0 Å².